The van der Waals surface area contributed by atoms with Crippen LogP contribution in [0.25, 0.3) is 0 Å². The highest BCUT2D eigenvalue weighted by Crippen LogP contribution is 2.22. The molecule has 2 aromatic rings. The number of primary amides is 1. The Morgan fingerprint density at radius 3 is 2.06 bits per heavy atom. The van der Waals surface area contributed by atoms with Crippen molar-refractivity contribution in [3.63, 3.8) is 0 Å². The SMILES string of the molecule is CC(C)CCCCC[C@@H]1CC(=O)N[C@H](Cc2ccccc2)C(=O)N2CCC[C@H]2C(=O)N[C@H](C)C(=O)N[C@@H](C(C)C)C(=O)N[C@H](CC(N)=O)C(=O)N[C@@H](Cc2ccc(O)cc2)C(=O)O1. The Kier molecular flexibility index (Phi) is 18.9. The summed E-state index contributed by atoms with van der Waals surface area (Å²) >= 11 is 0. The van der Waals surface area contributed by atoms with Gasteiger partial charge in [-0.2, -0.15) is 0 Å². The maximum absolute atomic E-state index is 14.4. The van der Waals surface area contributed by atoms with Crippen molar-refractivity contribution in [2.45, 2.75) is 148 Å². The van der Waals surface area contributed by atoms with Gasteiger partial charge in [0.2, 0.25) is 41.4 Å². The molecule has 4 rings (SSSR count). The number of nitrogens with one attached hydrogen (secondary N) is 5. The van der Waals surface area contributed by atoms with Crippen LogP contribution in [0, 0.1) is 11.8 Å². The van der Waals surface area contributed by atoms with Crippen molar-refractivity contribution in [2.24, 2.45) is 17.6 Å². The van der Waals surface area contributed by atoms with Gasteiger partial charge in [0.1, 0.15) is 48.1 Å². The summed E-state index contributed by atoms with van der Waals surface area (Å²) in [7, 11) is 0. The maximum Gasteiger partial charge on any atom is 0.329 e. The number of hydrogen-bond acceptors (Lipinski definition) is 10. The third-order valence-corrected chi connectivity index (χ3v) is 11.3. The van der Waals surface area contributed by atoms with E-state index >= 15 is 0 Å². The van der Waals surface area contributed by atoms with Crippen molar-refractivity contribution in [1.29, 1.82) is 0 Å². The van der Waals surface area contributed by atoms with E-state index in [0.717, 1.165) is 24.8 Å². The number of carbonyl (C=O) groups is 8. The Hall–Kier alpha value is -6.00. The normalized spacial score (nSPS) is 24.8. The highest BCUT2D eigenvalue weighted by molar-refractivity contribution is 5.98. The van der Waals surface area contributed by atoms with Crippen LogP contribution in [0.15, 0.2) is 54.6 Å². The Balaban J connectivity index is 1.75. The van der Waals surface area contributed by atoms with Gasteiger partial charge < -0.3 is 47.1 Å². The number of esters is 1. The van der Waals surface area contributed by atoms with Crippen LogP contribution in [0.4, 0.5) is 0 Å². The number of amides is 7. The number of unbranched alkanes of at least 4 members (excludes halogenated alkanes) is 2. The van der Waals surface area contributed by atoms with E-state index in [1.165, 1.54) is 24.0 Å². The van der Waals surface area contributed by atoms with Gasteiger partial charge in [-0.3, -0.25) is 33.6 Å². The zero-order valence-corrected chi connectivity index (χ0v) is 37.0. The first-order valence-electron chi connectivity index (χ1n) is 22.0. The molecule has 63 heavy (non-hydrogen) atoms. The molecule has 7 amide bonds. The van der Waals surface area contributed by atoms with Gasteiger partial charge in [0, 0.05) is 19.4 Å². The molecule has 0 unspecified atom stereocenters. The van der Waals surface area contributed by atoms with E-state index < -0.39 is 102 Å². The molecule has 8 N–H and O–H groups in total. The van der Waals surface area contributed by atoms with Gasteiger partial charge >= 0.3 is 5.97 Å². The minimum atomic E-state index is -1.59. The second-order valence-electron chi connectivity index (χ2n) is 17.4. The average Bonchev–Trinajstić information content (AvgIpc) is 3.72. The molecule has 0 aromatic heterocycles. The van der Waals surface area contributed by atoms with Crippen molar-refractivity contribution in [1.82, 2.24) is 31.5 Å². The van der Waals surface area contributed by atoms with E-state index in [1.54, 1.807) is 26.0 Å². The maximum atomic E-state index is 14.4. The standard InChI is InChI=1S/C46H65N7O10/c1-27(2)13-8-6-11-16-33-25-39(56)49-35(23-30-14-9-7-10-15-30)45(61)53-22-12-17-37(53)43(59)48-29(5)41(57)52-40(28(3)4)44(60)50-34(26-38(47)55)42(58)51-36(46(62)63-33)24-31-18-20-32(54)21-19-31/h7,9-10,14-15,18-21,27-29,33-37,40,54H,6,8,11-13,16-17,22-26H2,1-5H3,(H2,47,55)(H,48,59)(H,49,56)(H,50,60)(H,51,58)(H,52,57)/t29-,33-,34-,35-,36+,37+,40+/m1/s1. The van der Waals surface area contributed by atoms with Crippen molar-refractivity contribution in [2.75, 3.05) is 6.54 Å². The Morgan fingerprint density at radius 2 is 1.41 bits per heavy atom. The number of cyclic esters (lactones) is 1. The molecule has 17 nitrogen and oxygen atoms in total. The third kappa shape index (κ3) is 15.7. The molecule has 2 aromatic carbocycles. The monoisotopic (exact) mass is 875 g/mol. The predicted octanol–water partition coefficient (Wildman–Crippen LogP) is 2.07. The van der Waals surface area contributed by atoms with Gasteiger partial charge in [-0.25, -0.2) is 4.79 Å². The summed E-state index contributed by atoms with van der Waals surface area (Å²) in [6.07, 6.45) is 2.33. The molecular weight excluding hydrogens is 811 g/mol. The topological polar surface area (TPSA) is 255 Å². The van der Waals surface area contributed by atoms with Gasteiger partial charge in [0.25, 0.3) is 0 Å². The largest absolute Gasteiger partial charge is 0.508 e. The number of carbonyl (C=O) groups excluding carboxylic acids is 8. The summed E-state index contributed by atoms with van der Waals surface area (Å²) < 4.78 is 6.05. The first kappa shape index (κ1) is 49.7. The van der Waals surface area contributed by atoms with Crippen LogP contribution >= 0.6 is 0 Å². The summed E-state index contributed by atoms with van der Waals surface area (Å²) in [6.45, 7) is 9.20. The average molecular weight is 876 g/mol. The third-order valence-electron chi connectivity index (χ3n) is 11.3. The molecule has 0 saturated carbocycles. The molecule has 2 heterocycles. The highest BCUT2D eigenvalue weighted by atomic mass is 16.5. The fourth-order valence-corrected chi connectivity index (χ4v) is 7.76. The molecule has 0 bridgehead atoms. The number of aromatic hydroxyl groups is 1. The molecule has 344 valence electrons. The number of nitrogens with zero attached hydrogens (tertiary/aromatic N) is 1. The summed E-state index contributed by atoms with van der Waals surface area (Å²) in [5, 5.41) is 23.2. The number of hydrogen-bond donors (Lipinski definition) is 7. The quantitative estimate of drug-likeness (QED) is 0.114. The first-order chi connectivity index (χ1) is 29.9. The number of rotatable bonds is 13. The number of nitrogens with two attached hydrogens (primary N) is 1. The lowest BCUT2D eigenvalue weighted by Crippen LogP contribution is -2.60. The zero-order valence-electron chi connectivity index (χ0n) is 37.0. The smallest absolute Gasteiger partial charge is 0.329 e. The van der Waals surface area contributed by atoms with Crippen LogP contribution in [0.2, 0.25) is 0 Å². The summed E-state index contributed by atoms with van der Waals surface area (Å²) in [6, 6.07) is 7.51. The number of fused-ring (bicyclic) bond motifs is 1. The summed E-state index contributed by atoms with van der Waals surface area (Å²) in [5.41, 5.74) is 6.78. The molecule has 2 fully saturated rings. The van der Waals surface area contributed by atoms with Gasteiger partial charge in [0.15, 0.2) is 0 Å². The predicted molar refractivity (Wildman–Crippen MR) is 233 cm³/mol. The molecule has 0 radical (unpaired) electrons. The van der Waals surface area contributed by atoms with Crippen molar-refractivity contribution >= 4 is 47.3 Å². The van der Waals surface area contributed by atoms with E-state index in [4.69, 9.17) is 10.5 Å². The molecule has 17 heteroatoms. The molecule has 0 aliphatic carbocycles. The lowest BCUT2D eigenvalue weighted by Gasteiger charge is -2.31. The van der Waals surface area contributed by atoms with Gasteiger partial charge in [0.05, 0.1) is 12.8 Å². The van der Waals surface area contributed by atoms with E-state index in [0.29, 0.717) is 30.7 Å². The molecule has 2 aliphatic rings. The zero-order chi connectivity index (χ0) is 46.2. The van der Waals surface area contributed by atoms with Crippen LogP contribution in [-0.2, 0) is 55.9 Å². The number of ether oxygens (including phenoxy) is 1. The van der Waals surface area contributed by atoms with Crippen molar-refractivity contribution in [3.8, 4) is 5.75 Å². The van der Waals surface area contributed by atoms with Crippen LogP contribution < -0.4 is 32.3 Å². The Bertz CT molecular complexity index is 1910. The van der Waals surface area contributed by atoms with Crippen LogP contribution in [0.1, 0.15) is 104 Å². The lowest BCUT2D eigenvalue weighted by molar-refractivity contribution is -0.155. The van der Waals surface area contributed by atoms with Gasteiger partial charge in [-0.15, -0.1) is 0 Å². The highest BCUT2D eigenvalue weighted by Gasteiger charge is 2.40. The summed E-state index contributed by atoms with van der Waals surface area (Å²) in [4.78, 5) is 111. The number of benzene rings is 2. The van der Waals surface area contributed by atoms with Crippen molar-refractivity contribution < 1.29 is 48.2 Å². The second kappa shape index (κ2) is 24.0. The number of phenolic OH excluding ortho intramolecular Hbond substituents is 1. The van der Waals surface area contributed by atoms with E-state index in [1.807, 2.05) is 30.3 Å². The first-order valence-corrected chi connectivity index (χ1v) is 22.0. The van der Waals surface area contributed by atoms with Crippen LogP contribution in [0.5, 0.6) is 5.75 Å². The molecule has 7 atom stereocenters. The van der Waals surface area contributed by atoms with Crippen LogP contribution in [0.3, 0.4) is 0 Å². The minimum absolute atomic E-state index is 0.0337. The van der Waals surface area contributed by atoms with Gasteiger partial charge in [-0.05, 0) is 67.7 Å². The molecule has 0 spiro atoms. The number of phenols is 1. The van der Waals surface area contributed by atoms with E-state index in [2.05, 4.69) is 40.4 Å². The van der Waals surface area contributed by atoms with Crippen LogP contribution in [-0.4, -0.2) is 106 Å². The fourth-order valence-electron chi connectivity index (χ4n) is 7.76. The van der Waals surface area contributed by atoms with E-state index in [-0.39, 0.29) is 38.0 Å². The molecule has 2 aliphatic heterocycles. The fraction of sp³-hybridized carbons (Fsp3) is 0.565. The van der Waals surface area contributed by atoms with Gasteiger partial charge in [-0.1, -0.05) is 89.4 Å². The Morgan fingerprint density at radius 1 is 0.762 bits per heavy atom. The summed E-state index contributed by atoms with van der Waals surface area (Å²) in [5.74, 6) is -6.13. The second-order valence-corrected chi connectivity index (χ2v) is 17.4. The minimum Gasteiger partial charge on any atom is -0.508 e. The van der Waals surface area contributed by atoms with E-state index in [9.17, 15) is 43.5 Å². The molecular formula is C46H65N7O10. The lowest BCUT2D eigenvalue weighted by atomic mass is 10.0. The van der Waals surface area contributed by atoms with Crippen molar-refractivity contribution in [3.05, 3.63) is 65.7 Å². The Labute approximate surface area is 369 Å². The molecule has 2 saturated heterocycles.